The van der Waals surface area contributed by atoms with Crippen molar-refractivity contribution in [3.63, 3.8) is 0 Å². The van der Waals surface area contributed by atoms with E-state index in [9.17, 15) is 19.8 Å². The Morgan fingerprint density at radius 1 is 0.641 bits per heavy atom. The van der Waals surface area contributed by atoms with E-state index in [-0.39, 0.29) is 49.6 Å². The van der Waals surface area contributed by atoms with Crippen LogP contribution in [0.4, 0.5) is 0 Å². The summed E-state index contributed by atoms with van der Waals surface area (Å²) < 4.78 is 0. The van der Waals surface area contributed by atoms with E-state index >= 15 is 0 Å². The molecule has 0 fully saturated rings. The van der Waals surface area contributed by atoms with Crippen molar-refractivity contribution in [2.24, 2.45) is 0 Å². The minimum Gasteiger partial charge on any atom is -0.550 e. The molecular formula is C30H28N4O4Sn. The number of aromatic nitrogens is 4. The second-order valence-electron chi connectivity index (χ2n) is 9.94. The van der Waals surface area contributed by atoms with Crippen LogP contribution in [0.15, 0.2) is 36.4 Å². The molecule has 0 spiro atoms. The Bertz CT molecular complexity index is 1730. The van der Waals surface area contributed by atoms with Gasteiger partial charge in [0, 0.05) is 34.0 Å². The molecule has 196 valence electrons. The second-order valence-corrected chi connectivity index (χ2v) is 9.94. The number of carboxylic acids is 2. The number of hydrogen-bond acceptors (Lipinski definition) is 6. The number of aryl methyl sites for hydroxylation is 2. The first kappa shape index (κ1) is 28.3. The number of hydrogen-bond donors (Lipinski definition) is 2. The quantitative estimate of drug-likeness (QED) is 0.402. The fraction of sp³-hybridized carbons (Fsp3) is 0.267. The van der Waals surface area contributed by atoms with E-state index in [2.05, 4.69) is 28.2 Å². The zero-order chi connectivity index (χ0) is 27.1. The molecule has 8 nitrogen and oxygen atoms in total. The van der Waals surface area contributed by atoms with Gasteiger partial charge in [0.25, 0.3) is 0 Å². The topological polar surface area (TPSA) is 138 Å². The van der Waals surface area contributed by atoms with Crippen molar-refractivity contribution in [1.82, 2.24) is 19.9 Å². The number of fused-ring (bicyclic) bond motifs is 8. The van der Waals surface area contributed by atoms with Crippen molar-refractivity contribution in [2.45, 2.75) is 53.4 Å². The molecule has 0 saturated carbocycles. The van der Waals surface area contributed by atoms with Gasteiger partial charge < -0.3 is 29.8 Å². The summed E-state index contributed by atoms with van der Waals surface area (Å²) in [4.78, 5) is 39.2. The van der Waals surface area contributed by atoms with Crippen LogP contribution in [0.25, 0.3) is 44.4 Å². The zero-order valence-electron chi connectivity index (χ0n) is 22.3. The van der Waals surface area contributed by atoms with Gasteiger partial charge in [0.05, 0.1) is 22.8 Å². The van der Waals surface area contributed by atoms with Crippen molar-refractivity contribution in [3.05, 3.63) is 70.3 Å². The van der Waals surface area contributed by atoms with Gasteiger partial charge in [0.15, 0.2) is 0 Å². The van der Waals surface area contributed by atoms with Crippen molar-refractivity contribution in [3.8, 4) is 0 Å². The van der Waals surface area contributed by atoms with Gasteiger partial charge in [-0.15, -0.1) is 0 Å². The largest absolute Gasteiger partial charge is 2.00 e. The summed E-state index contributed by atoms with van der Waals surface area (Å²) in [5.41, 5.74) is 11.9. The number of aliphatic carboxylic acids is 2. The number of carbonyl (C=O) groups is 2. The maximum atomic E-state index is 11.3. The molecule has 2 radical (unpaired) electrons. The van der Waals surface area contributed by atoms with Crippen molar-refractivity contribution >= 4 is 80.2 Å². The molecule has 8 bridgehead atoms. The average molecular weight is 627 g/mol. The Morgan fingerprint density at radius 3 is 1.56 bits per heavy atom. The Labute approximate surface area is 242 Å². The molecule has 0 unspecified atom stereocenters. The molecule has 0 atom stereocenters. The third kappa shape index (κ3) is 5.85. The minimum absolute atomic E-state index is 0. The van der Waals surface area contributed by atoms with E-state index in [1.807, 2.05) is 45.9 Å². The van der Waals surface area contributed by atoms with Crippen molar-refractivity contribution in [1.29, 1.82) is 0 Å². The molecule has 2 aliphatic heterocycles. The normalized spacial score (nSPS) is 13.0. The molecule has 39 heavy (non-hydrogen) atoms. The first-order valence-corrected chi connectivity index (χ1v) is 12.6. The number of rotatable bonds is 6. The second kappa shape index (κ2) is 11.2. The van der Waals surface area contributed by atoms with Gasteiger partial charge in [0.1, 0.15) is 0 Å². The van der Waals surface area contributed by atoms with E-state index in [1.165, 1.54) is 0 Å². The van der Waals surface area contributed by atoms with Gasteiger partial charge in [0.2, 0.25) is 0 Å². The molecule has 0 aromatic carbocycles. The Hall–Kier alpha value is -3.66. The number of aromatic amines is 2. The fourth-order valence-corrected chi connectivity index (χ4v) is 5.09. The average Bonchev–Trinajstić information content (AvgIpc) is 3.53. The van der Waals surface area contributed by atoms with Gasteiger partial charge in [-0.25, -0.2) is 9.97 Å². The SMILES string of the molecule is CC1=C(CCC(=O)[O-])c2cc3nc(cc4[nH]c(cc4C)cc4[nH]c(cc1n2)cc4C)C(C)=C3CCC(=O)[O-].[Sn+2]. The molecule has 0 saturated heterocycles. The summed E-state index contributed by atoms with van der Waals surface area (Å²) in [5, 5.41) is 22.6. The maximum absolute atomic E-state index is 11.3. The summed E-state index contributed by atoms with van der Waals surface area (Å²) in [6, 6.07) is 11.9. The van der Waals surface area contributed by atoms with E-state index in [1.54, 1.807) is 0 Å². The van der Waals surface area contributed by atoms with Crippen LogP contribution in [0.5, 0.6) is 0 Å². The first-order chi connectivity index (χ1) is 18.1. The van der Waals surface area contributed by atoms with Crippen LogP contribution >= 0.6 is 0 Å². The number of allylic oxidation sites excluding steroid dienone is 4. The van der Waals surface area contributed by atoms with Crippen LogP contribution in [0.2, 0.25) is 0 Å². The van der Waals surface area contributed by atoms with E-state index < -0.39 is 11.9 Å². The van der Waals surface area contributed by atoms with Gasteiger partial charge in [-0.2, -0.15) is 0 Å². The molecule has 2 N–H and O–H groups in total. The van der Waals surface area contributed by atoms with E-state index in [0.29, 0.717) is 11.4 Å². The van der Waals surface area contributed by atoms with Gasteiger partial charge in [-0.05, 0) is 123 Å². The van der Waals surface area contributed by atoms with Crippen LogP contribution < -0.4 is 10.2 Å². The van der Waals surface area contributed by atoms with Crippen LogP contribution in [-0.2, 0) is 9.59 Å². The third-order valence-electron chi connectivity index (χ3n) is 7.23. The summed E-state index contributed by atoms with van der Waals surface area (Å²) in [7, 11) is 0. The summed E-state index contributed by atoms with van der Waals surface area (Å²) in [6.45, 7) is 7.93. The van der Waals surface area contributed by atoms with Gasteiger partial charge in [-0.1, -0.05) is 0 Å². The Morgan fingerprint density at radius 2 is 1.08 bits per heavy atom. The van der Waals surface area contributed by atoms with Crippen LogP contribution in [0.1, 0.15) is 73.4 Å². The molecule has 9 heteroatoms. The maximum Gasteiger partial charge on any atom is 2.00 e. The predicted molar refractivity (Wildman–Crippen MR) is 150 cm³/mol. The van der Waals surface area contributed by atoms with Crippen LogP contribution in [0.3, 0.4) is 0 Å². The molecule has 5 heterocycles. The summed E-state index contributed by atoms with van der Waals surface area (Å²) >= 11 is 0. The zero-order valence-corrected chi connectivity index (χ0v) is 25.2. The minimum atomic E-state index is -1.13. The number of carbonyl (C=O) groups excluding carboxylic acids is 2. The predicted octanol–water partition coefficient (Wildman–Crippen LogP) is 3.47. The third-order valence-corrected chi connectivity index (χ3v) is 7.23. The molecule has 5 rings (SSSR count). The molecule has 0 aliphatic carbocycles. The van der Waals surface area contributed by atoms with Crippen molar-refractivity contribution < 1.29 is 19.8 Å². The van der Waals surface area contributed by atoms with E-state index in [4.69, 9.17) is 9.97 Å². The molecule has 0 amide bonds. The van der Waals surface area contributed by atoms with Crippen LogP contribution in [0, 0.1) is 13.8 Å². The Balaban J connectivity index is 0.00000353. The van der Waals surface area contributed by atoms with E-state index in [0.717, 1.165) is 66.9 Å². The smallest absolute Gasteiger partial charge is 0.550 e. The number of carboxylic acid groups (broad SMARTS) is 2. The first-order valence-electron chi connectivity index (χ1n) is 12.6. The van der Waals surface area contributed by atoms with Crippen LogP contribution in [-0.4, -0.2) is 55.8 Å². The Kier molecular flexibility index (Phi) is 8.15. The van der Waals surface area contributed by atoms with Crippen molar-refractivity contribution in [2.75, 3.05) is 0 Å². The van der Waals surface area contributed by atoms with Gasteiger partial charge >= 0.3 is 23.9 Å². The number of H-pyrrole nitrogens is 2. The monoisotopic (exact) mass is 628 g/mol. The molecule has 3 aromatic heterocycles. The fourth-order valence-electron chi connectivity index (χ4n) is 5.09. The number of nitrogens with zero attached hydrogens (tertiary/aromatic N) is 2. The van der Waals surface area contributed by atoms with Gasteiger partial charge in [-0.3, -0.25) is 0 Å². The number of nitrogens with one attached hydrogen (secondary N) is 2. The standard InChI is InChI=1S/C30H30N4O4.Sn/c1-15-9-20-12-25-17(3)21(5-7-29(35)36)27(33-25)14-28-22(6-8-30(37)38)18(4)26(34-28)13-24-16(2)10-19(32-24)11-23(15)31-20;/h9-14,31-32H,5-8H2,1-4H3,(H,35,36)(H,37,38);/q;+2/p-2. The molecule has 3 aromatic rings. The molecule has 2 aliphatic rings. The summed E-state index contributed by atoms with van der Waals surface area (Å²) in [5.74, 6) is -2.26. The summed E-state index contributed by atoms with van der Waals surface area (Å²) in [6.07, 6.45) is 0.263. The molecular weight excluding hydrogens is 599 g/mol.